The molecular formula is C19H23BrN2O2S. The maximum Gasteiger partial charge on any atom is 0.238 e. The number of benzene rings is 1. The van der Waals surface area contributed by atoms with E-state index in [0.29, 0.717) is 6.54 Å². The largest absolute Gasteiger partial charge is 0.377 e. The van der Waals surface area contributed by atoms with Crippen LogP contribution in [0, 0.1) is 6.92 Å². The van der Waals surface area contributed by atoms with E-state index < -0.39 is 0 Å². The molecule has 134 valence electrons. The molecule has 1 N–H and O–H groups in total. The normalized spacial score (nSPS) is 17.2. The minimum absolute atomic E-state index is 0.00491. The first-order valence-corrected chi connectivity index (χ1v) is 10.2. The van der Waals surface area contributed by atoms with Gasteiger partial charge in [-0.15, -0.1) is 11.3 Å². The third kappa shape index (κ3) is 5.64. The van der Waals surface area contributed by atoms with Crippen molar-refractivity contribution < 1.29 is 9.53 Å². The standard InChI is InChI=1S/C19H23BrN2O2S/c1-14-6-7-15(10-18(14)20)21-19(23)13-22(11-16-4-2-8-24-16)12-17-5-3-9-25-17/h3,5-7,9-10,16H,2,4,8,11-13H2,1H3,(H,21,23). The van der Waals surface area contributed by atoms with Crippen LogP contribution in [0.4, 0.5) is 5.69 Å². The second kappa shape index (κ2) is 8.94. The Labute approximate surface area is 161 Å². The number of halogens is 1. The second-order valence-corrected chi connectivity index (χ2v) is 8.28. The molecule has 0 saturated carbocycles. The Hall–Kier alpha value is -1.21. The Morgan fingerprint density at radius 1 is 1.44 bits per heavy atom. The SMILES string of the molecule is Cc1ccc(NC(=O)CN(Cc2cccs2)CC2CCCO2)cc1Br. The summed E-state index contributed by atoms with van der Waals surface area (Å²) >= 11 is 5.23. The van der Waals surface area contributed by atoms with Gasteiger partial charge in [-0.05, 0) is 48.9 Å². The van der Waals surface area contributed by atoms with Crippen molar-refractivity contribution in [1.29, 1.82) is 0 Å². The van der Waals surface area contributed by atoms with Gasteiger partial charge in [-0.3, -0.25) is 9.69 Å². The van der Waals surface area contributed by atoms with Gasteiger partial charge in [0.15, 0.2) is 0 Å². The number of nitrogens with one attached hydrogen (secondary N) is 1. The van der Waals surface area contributed by atoms with Crippen LogP contribution < -0.4 is 5.32 Å². The lowest BCUT2D eigenvalue weighted by Gasteiger charge is -2.24. The molecule has 0 aliphatic carbocycles. The molecule has 1 fully saturated rings. The number of amides is 1. The number of aryl methyl sites for hydroxylation is 1. The minimum Gasteiger partial charge on any atom is -0.377 e. The van der Waals surface area contributed by atoms with E-state index in [1.165, 1.54) is 4.88 Å². The summed E-state index contributed by atoms with van der Waals surface area (Å²) in [5.41, 5.74) is 1.96. The summed E-state index contributed by atoms with van der Waals surface area (Å²) in [6, 6.07) is 10.0. The van der Waals surface area contributed by atoms with Crippen LogP contribution in [0.25, 0.3) is 0 Å². The van der Waals surface area contributed by atoms with Crippen molar-refractivity contribution in [3.63, 3.8) is 0 Å². The number of thiophene rings is 1. The summed E-state index contributed by atoms with van der Waals surface area (Å²) in [6.07, 6.45) is 2.43. The molecule has 2 heterocycles. The van der Waals surface area contributed by atoms with E-state index >= 15 is 0 Å². The number of carbonyl (C=O) groups excluding carboxylic acids is 1. The van der Waals surface area contributed by atoms with Gasteiger partial charge < -0.3 is 10.1 Å². The van der Waals surface area contributed by atoms with Crippen LogP contribution in [-0.4, -0.2) is 36.6 Å². The summed E-state index contributed by atoms with van der Waals surface area (Å²) in [6.45, 7) is 4.80. The zero-order chi connectivity index (χ0) is 17.6. The molecule has 1 saturated heterocycles. The van der Waals surface area contributed by atoms with Crippen LogP contribution in [-0.2, 0) is 16.1 Å². The van der Waals surface area contributed by atoms with E-state index in [9.17, 15) is 4.79 Å². The first kappa shape index (κ1) is 18.6. The fraction of sp³-hybridized carbons (Fsp3) is 0.421. The summed E-state index contributed by atoms with van der Waals surface area (Å²) in [5.74, 6) is 0.00491. The lowest BCUT2D eigenvalue weighted by atomic mass is 10.2. The van der Waals surface area contributed by atoms with Crippen LogP contribution in [0.1, 0.15) is 23.3 Å². The topological polar surface area (TPSA) is 41.6 Å². The van der Waals surface area contributed by atoms with E-state index in [1.807, 2.05) is 31.2 Å². The number of hydrogen-bond acceptors (Lipinski definition) is 4. The van der Waals surface area contributed by atoms with Crippen molar-refractivity contribution >= 4 is 38.9 Å². The highest BCUT2D eigenvalue weighted by atomic mass is 79.9. The molecule has 1 aliphatic rings. The lowest BCUT2D eigenvalue weighted by Crippen LogP contribution is -2.37. The number of carbonyl (C=O) groups is 1. The van der Waals surface area contributed by atoms with Gasteiger partial charge in [0.2, 0.25) is 5.91 Å². The monoisotopic (exact) mass is 422 g/mol. The fourth-order valence-electron chi connectivity index (χ4n) is 2.96. The number of nitrogens with zero attached hydrogens (tertiary/aromatic N) is 1. The number of anilines is 1. The molecule has 2 aromatic rings. The zero-order valence-electron chi connectivity index (χ0n) is 14.3. The molecule has 1 aromatic carbocycles. The highest BCUT2D eigenvalue weighted by molar-refractivity contribution is 9.10. The summed E-state index contributed by atoms with van der Waals surface area (Å²) in [5, 5.41) is 5.07. The number of hydrogen-bond donors (Lipinski definition) is 1. The molecule has 0 bridgehead atoms. The van der Waals surface area contributed by atoms with Crippen molar-refractivity contribution in [3.8, 4) is 0 Å². The van der Waals surface area contributed by atoms with Crippen molar-refractivity contribution in [2.75, 3.05) is 25.0 Å². The first-order valence-electron chi connectivity index (χ1n) is 8.52. The van der Waals surface area contributed by atoms with E-state index in [0.717, 1.165) is 48.3 Å². The van der Waals surface area contributed by atoms with Gasteiger partial charge in [-0.1, -0.05) is 28.1 Å². The van der Waals surface area contributed by atoms with E-state index in [1.54, 1.807) is 11.3 Å². The molecule has 0 spiro atoms. The molecule has 1 atom stereocenters. The summed E-state index contributed by atoms with van der Waals surface area (Å²) < 4.78 is 6.76. The van der Waals surface area contributed by atoms with Crippen molar-refractivity contribution in [2.24, 2.45) is 0 Å². The maximum atomic E-state index is 12.5. The predicted molar refractivity (Wildman–Crippen MR) is 106 cm³/mol. The van der Waals surface area contributed by atoms with Gasteiger partial charge in [-0.25, -0.2) is 0 Å². The molecule has 3 rings (SSSR count). The molecule has 6 heteroatoms. The Balaban J connectivity index is 1.61. The molecular weight excluding hydrogens is 400 g/mol. The van der Waals surface area contributed by atoms with Crippen molar-refractivity contribution in [2.45, 2.75) is 32.4 Å². The average molecular weight is 423 g/mol. The van der Waals surface area contributed by atoms with Crippen LogP contribution in [0.3, 0.4) is 0 Å². The zero-order valence-corrected chi connectivity index (χ0v) is 16.7. The third-order valence-corrected chi connectivity index (χ3v) is 5.98. The second-order valence-electron chi connectivity index (χ2n) is 6.40. The maximum absolute atomic E-state index is 12.5. The Kier molecular flexibility index (Phi) is 6.64. The van der Waals surface area contributed by atoms with Crippen LogP contribution in [0.15, 0.2) is 40.2 Å². The summed E-state index contributed by atoms with van der Waals surface area (Å²) in [7, 11) is 0. The first-order chi connectivity index (χ1) is 12.1. The predicted octanol–water partition coefficient (Wildman–Crippen LogP) is 4.44. The Bertz CT molecular complexity index is 699. The van der Waals surface area contributed by atoms with Gasteiger partial charge in [0.25, 0.3) is 0 Å². The molecule has 1 aromatic heterocycles. The molecule has 4 nitrogen and oxygen atoms in total. The lowest BCUT2D eigenvalue weighted by molar-refractivity contribution is -0.117. The van der Waals surface area contributed by atoms with E-state index in [-0.39, 0.29) is 12.0 Å². The molecule has 1 aliphatic heterocycles. The highest BCUT2D eigenvalue weighted by Crippen LogP contribution is 2.21. The highest BCUT2D eigenvalue weighted by Gasteiger charge is 2.21. The molecule has 0 radical (unpaired) electrons. The molecule has 1 unspecified atom stereocenters. The third-order valence-electron chi connectivity index (χ3n) is 4.27. The Morgan fingerprint density at radius 3 is 3.00 bits per heavy atom. The van der Waals surface area contributed by atoms with Crippen LogP contribution in [0.2, 0.25) is 0 Å². The van der Waals surface area contributed by atoms with Gasteiger partial charge in [-0.2, -0.15) is 0 Å². The smallest absolute Gasteiger partial charge is 0.238 e. The van der Waals surface area contributed by atoms with E-state index in [4.69, 9.17) is 4.74 Å². The Morgan fingerprint density at radius 2 is 2.32 bits per heavy atom. The molecule has 1 amide bonds. The van der Waals surface area contributed by atoms with Crippen LogP contribution >= 0.6 is 27.3 Å². The van der Waals surface area contributed by atoms with Gasteiger partial charge in [0.05, 0.1) is 12.6 Å². The van der Waals surface area contributed by atoms with Gasteiger partial charge >= 0.3 is 0 Å². The molecule has 25 heavy (non-hydrogen) atoms. The minimum atomic E-state index is 0.00491. The van der Waals surface area contributed by atoms with E-state index in [2.05, 4.69) is 37.6 Å². The van der Waals surface area contributed by atoms with Crippen LogP contribution in [0.5, 0.6) is 0 Å². The van der Waals surface area contributed by atoms with Gasteiger partial charge in [0, 0.05) is 34.7 Å². The van der Waals surface area contributed by atoms with Gasteiger partial charge in [0.1, 0.15) is 0 Å². The van der Waals surface area contributed by atoms with Crippen molar-refractivity contribution in [3.05, 3.63) is 50.6 Å². The average Bonchev–Trinajstić information content (AvgIpc) is 3.25. The fourth-order valence-corrected chi connectivity index (χ4v) is 4.08. The summed E-state index contributed by atoms with van der Waals surface area (Å²) in [4.78, 5) is 16.0. The quantitative estimate of drug-likeness (QED) is 0.716. The number of ether oxygens (including phenoxy) is 1. The number of rotatable bonds is 7. The van der Waals surface area contributed by atoms with Crippen molar-refractivity contribution in [1.82, 2.24) is 4.90 Å².